The first-order chi connectivity index (χ1) is 8.33. The maximum atomic E-state index is 11.7. The smallest absolute Gasteiger partial charge is 0.408 e. The summed E-state index contributed by atoms with van der Waals surface area (Å²) < 4.78 is 5.29. The highest BCUT2D eigenvalue weighted by molar-refractivity contribution is 5.70. The molecule has 2 bridgehead atoms. The molecule has 1 heterocycles. The molecule has 4 rings (SSSR count). The van der Waals surface area contributed by atoms with Crippen LogP contribution in [0, 0.1) is 0 Å². The summed E-state index contributed by atoms with van der Waals surface area (Å²) in [7, 11) is 0. The third kappa shape index (κ3) is 1.69. The van der Waals surface area contributed by atoms with E-state index in [1.165, 1.54) is 5.56 Å². The van der Waals surface area contributed by atoms with Crippen molar-refractivity contribution in [2.75, 3.05) is 0 Å². The fraction of sp³-hybridized carbons (Fsp3) is 0.692. The van der Waals surface area contributed by atoms with Gasteiger partial charge in [0.05, 0.1) is 6.20 Å². The molecule has 0 atom stereocenters. The van der Waals surface area contributed by atoms with Crippen LogP contribution in [0.3, 0.4) is 0 Å². The lowest BCUT2D eigenvalue weighted by Crippen LogP contribution is -2.76. The van der Waals surface area contributed by atoms with Gasteiger partial charge in [-0.1, -0.05) is 0 Å². The minimum atomic E-state index is -0.435. The molecule has 0 radical (unpaired) electrons. The number of aromatic nitrogens is 2. The Bertz CT molecular complexity index is 453. The Kier molecular flexibility index (Phi) is 2.10. The lowest BCUT2D eigenvalue weighted by Gasteiger charge is -2.70. The molecule has 0 spiro atoms. The zero-order valence-electron chi connectivity index (χ0n) is 11.0. The number of ether oxygens (including phenoxy) is 1. The number of hydrogen-bond acceptors (Lipinski definition) is 3. The zero-order valence-corrected chi connectivity index (χ0v) is 11.0. The summed E-state index contributed by atoms with van der Waals surface area (Å²) >= 11 is 0. The van der Waals surface area contributed by atoms with Crippen LogP contribution in [0.25, 0.3) is 0 Å². The number of rotatable bonds is 2. The summed E-state index contributed by atoms with van der Waals surface area (Å²) in [5, 5.41) is 9.85. The van der Waals surface area contributed by atoms with Crippen LogP contribution in [-0.2, 0) is 10.2 Å². The van der Waals surface area contributed by atoms with Crippen molar-refractivity contribution in [3.8, 4) is 0 Å². The van der Waals surface area contributed by atoms with Crippen molar-refractivity contribution in [1.29, 1.82) is 0 Å². The van der Waals surface area contributed by atoms with Gasteiger partial charge in [-0.3, -0.25) is 5.10 Å². The molecule has 1 aromatic heterocycles. The average Bonchev–Trinajstić information content (AvgIpc) is 2.57. The Morgan fingerprint density at radius 2 is 2.11 bits per heavy atom. The Balaban J connectivity index is 1.56. The van der Waals surface area contributed by atoms with Crippen molar-refractivity contribution in [2.45, 2.75) is 56.6 Å². The van der Waals surface area contributed by atoms with Crippen LogP contribution in [0.2, 0.25) is 0 Å². The van der Waals surface area contributed by atoms with E-state index in [4.69, 9.17) is 4.74 Å². The van der Waals surface area contributed by atoms with Crippen molar-refractivity contribution < 1.29 is 9.53 Å². The second-order valence-corrected chi connectivity index (χ2v) is 6.70. The monoisotopic (exact) mass is 249 g/mol. The van der Waals surface area contributed by atoms with Gasteiger partial charge in [0.2, 0.25) is 0 Å². The molecule has 3 aliphatic carbocycles. The number of alkyl carbamates (subject to hydrolysis) is 1. The molecule has 3 saturated carbocycles. The van der Waals surface area contributed by atoms with Crippen LogP contribution in [-0.4, -0.2) is 27.4 Å². The minimum absolute atomic E-state index is 0.0282. The van der Waals surface area contributed by atoms with E-state index in [9.17, 15) is 4.79 Å². The lowest BCUT2D eigenvalue weighted by molar-refractivity contribution is -0.0883. The molecule has 3 aliphatic rings. The second-order valence-electron chi connectivity index (χ2n) is 6.70. The van der Waals surface area contributed by atoms with E-state index in [1.807, 2.05) is 33.2 Å². The first-order valence-corrected chi connectivity index (χ1v) is 6.33. The van der Waals surface area contributed by atoms with E-state index in [0.717, 1.165) is 19.3 Å². The van der Waals surface area contributed by atoms with Gasteiger partial charge in [0.15, 0.2) is 0 Å². The summed E-state index contributed by atoms with van der Waals surface area (Å²) in [6, 6.07) is 0. The molecule has 0 unspecified atom stereocenters. The van der Waals surface area contributed by atoms with E-state index >= 15 is 0 Å². The SMILES string of the molecule is CC(C)(C)OC(=O)NC12CC(c3cn[nH]c3)(C1)C2. The zero-order chi connectivity index (χ0) is 13.0. The highest BCUT2D eigenvalue weighted by atomic mass is 16.6. The van der Waals surface area contributed by atoms with E-state index in [-0.39, 0.29) is 17.0 Å². The van der Waals surface area contributed by atoms with Crippen LogP contribution < -0.4 is 5.32 Å². The molecular formula is C13H19N3O2. The van der Waals surface area contributed by atoms with E-state index in [0.29, 0.717) is 0 Å². The van der Waals surface area contributed by atoms with Crippen molar-refractivity contribution in [3.05, 3.63) is 18.0 Å². The molecular weight excluding hydrogens is 230 g/mol. The average molecular weight is 249 g/mol. The van der Waals surface area contributed by atoms with Gasteiger partial charge in [0, 0.05) is 17.2 Å². The Morgan fingerprint density at radius 3 is 2.61 bits per heavy atom. The third-order valence-corrected chi connectivity index (χ3v) is 3.91. The molecule has 0 saturated heterocycles. The van der Waals surface area contributed by atoms with Gasteiger partial charge in [-0.15, -0.1) is 0 Å². The number of amides is 1. The standard InChI is InChI=1S/C13H19N3O2/c1-11(2,3)18-10(17)16-13-6-12(7-13,8-13)9-4-14-15-5-9/h4-5H,6-8H2,1-3H3,(H,14,15)(H,16,17). The molecule has 18 heavy (non-hydrogen) atoms. The third-order valence-electron chi connectivity index (χ3n) is 3.91. The minimum Gasteiger partial charge on any atom is -0.444 e. The van der Waals surface area contributed by atoms with Crippen LogP contribution in [0.5, 0.6) is 0 Å². The fourth-order valence-corrected chi connectivity index (χ4v) is 3.29. The number of carbonyl (C=O) groups is 1. The molecule has 3 fully saturated rings. The molecule has 98 valence electrons. The number of hydrogen-bond donors (Lipinski definition) is 2. The number of nitrogens with one attached hydrogen (secondary N) is 2. The number of H-pyrrole nitrogens is 1. The van der Waals surface area contributed by atoms with Gasteiger partial charge >= 0.3 is 6.09 Å². The quantitative estimate of drug-likeness (QED) is 0.843. The summed E-state index contributed by atoms with van der Waals surface area (Å²) in [5.41, 5.74) is 1.05. The molecule has 5 heteroatoms. The summed E-state index contributed by atoms with van der Waals surface area (Å²) in [4.78, 5) is 11.7. The summed E-state index contributed by atoms with van der Waals surface area (Å²) in [6.07, 6.45) is 6.53. The van der Waals surface area contributed by atoms with Gasteiger partial charge in [-0.05, 0) is 45.6 Å². The van der Waals surface area contributed by atoms with Crippen LogP contribution >= 0.6 is 0 Å². The van der Waals surface area contributed by atoms with Crippen molar-refractivity contribution >= 4 is 6.09 Å². The van der Waals surface area contributed by atoms with Crippen molar-refractivity contribution in [1.82, 2.24) is 15.5 Å². The largest absolute Gasteiger partial charge is 0.444 e. The van der Waals surface area contributed by atoms with E-state index in [1.54, 1.807) is 0 Å². The van der Waals surface area contributed by atoms with E-state index < -0.39 is 5.60 Å². The highest BCUT2D eigenvalue weighted by Crippen LogP contribution is 2.67. The fourth-order valence-electron chi connectivity index (χ4n) is 3.29. The number of carbonyl (C=O) groups excluding carboxylic acids is 1. The van der Waals surface area contributed by atoms with Crippen molar-refractivity contribution in [2.24, 2.45) is 0 Å². The Labute approximate surface area is 106 Å². The number of aromatic amines is 1. The van der Waals surface area contributed by atoms with Crippen LogP contribution in [0.4, 0.5) is 4.79 Å². The van der Waals surface area contributed by atoms with Crippen molar-refractivity contribution in [3.63, 3.8) is 0 Å². The summed E-state index contributed by atoms with van der Waals surface area (Å²) in [6.45, 7) is 5.63. The predicted octanol–water partition coefficient (Wildman–Crippen LogP) is 2.11. The van der Waals surface area contributed by atoms with Gasteiger partial charge < -0.3 is 10.1 Å². The van der Waals surface area contributed by atoms with Gasteiger partial charge in [0.25, 0.3) is 0 Å². The first-order valence-electron chi connectivity index (χ1n) is 6.33. The molecule has 1 amide bonds. The van der Waals surface area contributed by atoms with Crippen LogP contribution in [0.15, 0.2) is 12.4 Å². The van der Waals surface area contributed by atoms with Crippen LogP contribution in [0.1, 0.15) is 45.6 Å². The Morgan fingerprint density at radius 1 is 1.44 bits per heavy atom. The highest BCUT2D eigenvalue weighted by Gasteiger charge is 2.69. The lowest BCUT2D eigenvalue weighted by atomic mass is 9.38. The Hall–Kier alpha value is -1.52. The summed E-state index contributed by atoms with van der Waals surface area (Å²) in [5.74, 6) is 0. The van der Waals surface area contributed by atoms with Gasteiger partial charge in [-0.25, -0.2) is 4.79 Å². The second kappa shape index (κ2) is 3.28. The van der Waals surface area contributed by atoms with Gasteiger partial charge in [-0.2, -0.15) is 5.10 Å². The maximum absolute atomic E-state index is 11.7. The van der Waals surface area contributed by atoms with E-state index in [2.05, 4.69) is 15.5 Å². The maximum Gasteiger partial charge on any atom is 0.408 e. The van der Waals surface area contributed by atoms with Gasteiger partial charge in [0.1, 0.15) is 5.60 Å². The molecule has 0 aromatic carbocycles. The molecule has 1 aromatic rings. The first kappa shape index (κ1) is 11.6. The molecule has 0 aliphatic heterocycles. The predicted molar refractivity (Wildman–Crippen MR) is 66.2 cm³/mol. The molecule has 2 N–H and O–H groups in total. The normalized spacial score (nSPS) is 33.3. The number of nitrogens with zero attached hydrogens (tertiary/aromatic N) is 1. The molecule has 5 nitrogen and oxygen atoms in total. The topological polar surface area (TPSA) is 67.0 Å².